The zero-order valence-electron chi connectivity index (χ0n) is 13.7. The molecule has 0 amide bonds. The Hall–Kier alpha value is -2.63. The van der Waals surface area contributed by atoms with E-state index in [0.29, 0.717) is 5.56 Å². The molecule has 130 valence electrons. The zero-order chi connectivity index (χ0) is 18.0. The van der Waals surface area contributed by atoms with Crippen molar-refractivity contribution in [1.82, 2.24) is 0 Å². The quantitative estimate of drug-likeness (QED) is 0.749. The summed E-state index contributed by atoms with van der Waals surface area (Å²) < 4.78 is 44.9. The third-order valence-corrected chi connectivity index (χ3v) is 4.49. The molecule has 4 rings (SSSR count). The molecule has 3 nitrogen and oxygen atoms in total. The number of benzene rings is 2. The van der Waals surface area contributed by atoms with Gasteiger partial charge in [0, 0.05) is 22.4 Å². The third kappa shape index (κ3) is 2.52. The molecule has 2 heterocycles. The minimum absolute atomic E-state index is 0.155. The van der Waals surface area contributed by atoms with E-state index in [1.165, 1.54) is 0 Å². The van der Waals surface area contributed by atoms with Gasteiger partial charge in [-0.3, -0.25) is 0 Å². The van der Waals surface area contributed by atoms with Crippen LogP contribution in [-0.2, 0) is 17.5 Å². The summed E-state index contributed by atoms with van der Waals surface area (Å²) in [6.07, 6.45) is -2.51. The fourth-order valence-electron chi connectivity index (χ4n) is 3.41. The first-order chi connectivity index (χ1) is 11.7. The van der Waals surface area contributed by atoms with Crippen LogP contribution in [0, 0.1) is 0 Å². The van der Waals surface area contributed by atoms with Crippen molar-refractivity contribution in [1.29, 1.82) is 0 Å². The summed E-state index contributed by atoms with van der Waals surface area (Å²) in [5, 5.41) is 13.5. The fraction of sp³-hybridized carbons (Fsp3) is 0.263. The lowest BCUT2D eigenvalue weighted by Crippen LogP contribution is -2.31. The molecule has 2 N–H and O–H groups in total. The van der Waals surface area contributed by atoms with Gasteiger partial charge in [0.15, 0.2) is 0 Å². The van der Waals surface area contributed by atoms with E-state index in [0.717, 1.165) is 40.8 Å². The minimum atomic E-state index is -4.47. The van der Waals surface area contributed by atoms with Crippen LogP contribution in [0.1, 0.15) is 30.5 Å². The second-order valence-electron chi connectivity index (χ2n) is 6.89. The van der Waals surface area contributed by atoms with Crippen LogP contribution in [0.25, 0.3) is 16.9 Å². The van der Waals surface area contributed by atoms with Crippen LogP contribution >= 0.6 is 0 Å². The van der Waals surface area contributed by atoms with Crippen LogP contribution in [0.2, 0.25) is 0 Å². The normalized spacial score (nSPS) is 17.4. The van der Waals surface area contributed by atoms with Crippen molar-refractivity contribution in [2.45, 2.75) is 32.2 Å². The van der Waals surface area contributed by atoms with Gasteiger partial charge in [-0.2, -0.15) is 13.2 Å². The third-order valence-electron chi connectivity index (χ3n) is 4.49. The summed E-state index contributed by atoms with van der Waals surface area (Å²) in [5.74, 6) is 0.535. The van der Waals surface area contributed by atoms with E-state index in [2.05, 4.69) is 5.32 Å². The van der Waals surface area contributed by atoms with Crippen molar-refractivity contribution >= 4 is 11.4 Å². The van der Waals surface area contributed by atoms with Gasteiger partial charge >= 0.3 is 6.18 Å². The highest BCUT2D eigenvalue weighted by molar-refractivity contribution is 5.88. The van der Waals surface area contributed by atoms with Gasteiger partial charge in [0.1, 0.15) is 18.1 Å². The first-order valence-electron chi connectivity index (χ1n) is 7.86. The highest BCUT2D eigenvalue weighted by atomic mass is 19.4. The second-order valence-corrected chi connectivity index (χ2v) is 6.89. The topological polar surface area (TPSA) is 41.5 Å². The number of halogens is 3. The summed E-state index contributed by atoms with van der Waals surface area (Å²) in [6, 6.07) is 6.48. The van der Waals surface area contributed by atoms with Crippen molar-refractivity contribution in [2.24, 2.45) is 0 Å². The second kappa shape index (κ2) is 4.94. The largest absolute Gasteiger partial charge is 0.507 e. The van der Waals surface area contributed by atoms with Crippen LogP contribution in [0.3, 0.4) is 0 Å². The molecule has 0 spiro atoms. The van der Waals surface area contributed by atoms with Crippen molar-refractivity contribution in [3.8, 4) is 16.9 Å². The lowest BCUT2D eigenvalue weighted by Gasteiger charge is -2.30. The molecule has 2 aliphatic heterocycles. The number of nitrogens with one attached hydrogen (secondary N) is 1. The molecule has 0 fully saturated rings. The van der Waals surface area contributed by atoms with Gasteiger partial charge in [-0.05, 0) is 49.8 Å². The Kier molecular flexibility index (Phi) is 3.14. The van der Waals surface area contributed by atoms with E-state index in [4.69, 9.17) is 4.74 Å². The summed E-state index contributed by atoms with van der Waals surface area (Å²) in [4.78, 5) is 0. The van der Waals surface area contributed by atoms with E-state index in [9.17, 15) is 18.3 Å². The Morgan fingerprint density at radius 1 is 1.12 bits per heavy atom. The summed E-state index contributed by atoms with van der Waals surface area (Å²) in [5.41, 5.74) is 2.15. The van der Waals surface area contributed by atoms with Gasteiger partial charge in [0.2, 0.25) is 0 Å². The molecule has 0 radical (unpaired) electrons. The molecule has 25 heavy (non-hydrogen) atoms. The van der Waals surface area contributed by atoms with E-state index in [-0.39, 0.29) is 23.5 Å². The number of hydrogen-bond donors (Lipinski definition) is 2. The van der Waals surface area contributed by atoms with Crippen molar-refractivity contribution < 1.29 is 23.0 Å². The van der Waals surface area contributed by atoms with Crippen LogP contribution in [0.15, 0.2) is 36.4 Å². The van der Waals surface area contributed by atoms with E-state index < -0.39 is 11.7 Å². The van der Waals surface area contributed by atoms with E-state index in [1.54, 1.807) is 6.07 Å². The molecule has 0 bridgehead atoms. The maximum Gasteiger partial charge on any atom is 0.416 e. The van der Waals surface area contributed by atoms with Gasteiger partial charge in [0.05, 0.1) is 11.1 Å². The van der Waals surface area contributed by atoms with Gasteiger partial charge in [-0.15, -0.1) is 0 Å². The Labute approximate surface area is 142 Å². The first kappa shape index (κ1) is 15.9. The lowest BCUT2D eigenvalue weighted by atomic mass is 9.89. The minimum Gasteiger partial charge on any atom is -0.507 e. The SMILES string of the molecule is CC1(C)C=C2OCc3c(-c4cc(C(F)(F)F)ccc4O)ccc(c32)N1. The average molecular weight is 347 g/mol. The number of aromatic hydroxyl groups is 1. The standard InChI is InChI=1S/C19H16F3NO2/c1-18(2)8-16-17-13(9-25-16)11(4-5-14(17)23-18)12-7-10(19(20,21)22)3-6-15(12)24/h3-8,23-24H,9H2,1-2H3. The maximum absolute atomic E-state index is 13.0. The van der Waals surface area contributed by atoms with Crippen molar-refractivity contribution in [3.05, 3.63) is 53.1 Å². The molecule has 6 heteroatoms. The molecule has 0 saturated carbocycles. The molecule has 0 unspecified atom stereocenters. The predicted octanol–water partition coefficient (Wildman–Crippen LogP) is 5.15. The molecule has 0 aromatic heterocycles. The van der Waals surface area contributed by atoms with Crippen molar-refractivity contribution in [3.63, 3.8) is 0 Å². The number of ether oxygens (including phenoxy) is 1. The van der Waals surface area contributed by atoms with Crippen LogP contribution < -0.4 is 5.32 Å². The lowest BCUT2D eigenvalue weighted by molar-refractivity contribution is -0.137. The number of phenolic OH excluding ortho intramolecular Hbond substituents is 1. The van der Waals surface area contributed by atoms with Gasteiger partial charge in [-0.25, -0.2) is 0 Å². The van der Waals surface area contributed by atoms with E-state index >= 15 is 0 Å². The van der Waals surface area contributed by atoms with Crippen LogP contribution in [-0.4, -0.2) is 10.6 Å². The highest BCUT2D eigenvalue weighted by Crippen LogP contribution is 2.47. The Bertz CT molecular complexity index is 914. The number of phenols is 1. The maximum atomic E-state index is 13.0. The Morgan fingerprint density at radius 2 is 1.88 bits per heavy atom. The summed E-state index contributed by atoms with van der Waals surface area (Å²) >= 11 is 0. The molecule has 2 aliphatic rings. The molecule has 0 aliphatic carbocycles. The van der Waals surface area contributed by atoms with Crippen LogP contribution in [0.5, 0.6) is 5.75 Å². The van der Waals surface area contributed by atoms with Gasteiger partial charge in [0.25, 0.3) is 0 Å². The monoisotopic (exact) mass is 347 g/mol. The van der Waals surface area contributed by atoms with Crippen molar-refractivity contribution in [2.75, 3.05) is 5.32 Å². The molecule has 2 aromatic rings. The van der Waals surface area contributed by atoms with Gasteiger partial charge in [-0.1, -0.05) is 6.07 Å². The fourth-order valence-corrected chi connectivity index (χ4v) is 3.41. The smallest absolute Gasteiger partial charge is 0.416 e. The molecule has 0 saturated heterocycles. The predicted molar refractivity (Wildman–Crippen MR) is 89.0 cm³/mol. The Morgan fingerprint density at radius 3 is 2.60 bits per heavy atom. The summed E-state index contributed by atoms with van der Waals surface area (Å²) in [7, 11) is 0. The number of alkyl halides is 3. The number of anilines is 1. The van der Waals surface area contributed by atoms with Gasteiger partial charge < -0.3 is 15.2 Å². The number of rotatable bonds is 1. The average Bonchev–Trinajstić information content (AvgIpc) is 2.91. The molecular formula is C19H16F3NO2. The summed E-state index contributed by atoms with van der Waals surface area (Å²) in [6.45, 7) is 4.28. The molecule has 0 atom stereocenters. The molecule has 2 aromatic carbocycles. The number of hydrogen-bond acceptors (Lipinski definition) is 3. The Balaban J connectivity index is 1.91. The van der Waals surface area contributed by atoms with Crippen LogP contribution in [0.4, 0.5) is 18.9 Å². The first-order valence-corrected chi connectivity index (χ1v) is 7.86. The molecular weight excluding hydrogens is 331 g/mol. The zero-order valence-corrected chi connectivity index (χ0v) is 13.7. The van der Waals surface area contributed by atoms with E-state index in [1.807, 2.05) is 26.0 Å². The highest BCUT2D eigenvalue weighted by Gasteiger charge is 2.34.